The van der Waals surface area contributed by atoms with Crippen LogP contribution in [0.5, 0.6) is 0 Å². The van der Waals surface area contributed by atoms with Crippen LogP contribution in [-0.2, 0) is 4.79 Å². The Bertz CT molecular complexity index is 921. The molecular weight excluding hydrogens is 388 g/mol. The number of nitrogens with one attached hydrogen (secondary N) is 2. The van der Waals surface area contributed by atoms with Gasteiger partial charge in [0.05, 0.1) is 12.1 Å². The van der Waals surface area contributed by atoms with Crippen LogP contribution in [0, 0.1) is 6.92 Å². The van der Waals surface area contributed by atoms with Crippen LogP contribution < -0.4 is 15.5 Å². The standard InChI is InChI=1S/C20H26N6O2S/c1-13-10-16(4-7-21-13)26-12-20(24-19(26)28)5-8-25(9-6-20)14(2)17-11-22-18(29-17)23-15(3)27/h4,7,10-11,14H,5-6,8-9,12H2,1-3H3,(H,24,28)(H,22,23,27)/t14-/m0/s1. The summed E-state index contributed by atoms with van der Waals surface area (Å²) in [6.07, 6.45) is 5.40. The number of nitrogens with zero attached hydrogens (tertiary/aromatic N) is 4. The van der Waals surface area contributed by atoms with Gasteiger partial charge in [-0.05, 0) is 38.8 Å². The summed E-state index contributed by atoms with van der Waals surface area (Å²) in [4.78, 5) is 37.7. The van der Waals surface area contributed by atoms with Gasteiger partial charge >= 0.3 is 6.03 Å². The summed E-state index contributed by atoms with van der Waals surface area (Å²) in [7, 11) is 0. The number of urea groups is 1. The first kappa shape index (κ1) is 19.8. The van der Waals surface area contributed by atoms with E-state index >= 15 is 0 Å². The SMILES string of the molecule is CC(=O)Nc1ncc([C@H](C)N2CCC3(CC2)CN(c2ccnc(C)c2)C(=O)N3)s1. The number of piperidine rings is 1. The highest BCUT2D eigenvalue weighted by Gasteiger charge is 2.45. The Morgan fingerprint density at radius 1 is 1.34 bits per heavy atom. The number of pyridine rings is 1. The van der Waals surface area contributed by atoms with E-state index in [0.717, 1.165) is 42.2 Å². The second-order valence-corrected chi connectivity index (χ2v) is 8.98. The Balaban J connectivity index is 1.39. The minimum Gasteiger partial charge on any atom is -0.330 e. The van der Waals surface area contributed by atoms with Crippen LogP contribution in [0.15, 0.2) is 24.5 Å². The van der Waals surface area contributed by atoms with Crippen molar-refractivity contribution in [1.82, 2.24) is 20.2 Å². The molecule has 0 radical (unpaired) electrons. The van der Waals surface area contributed by atoms with Gasteiger partial charge in [0, 0.05) is 54.7 Å². The molecule has 4 rings (SSSR count). The van der Waals surface area contributed by atoms with Crippen LogP contribution in [0.2, 0.25) is 0 Å². The lowest BCUT2D eigenvalue weighted by molar-refractivity contribution is -0.114. The van der Waals surface area contributed by atoms with E-state index < -0.39 is 0 Å². The minimum atomic E-state index is -0.181. The Morgan fingerprint density at radius 2 is 2.10 bits per heavy atom. The molecule has 2 fully saturated rings. The van der Waals surface area contributed by atoms with Gasteiger partial charge in [-0.1, -0.05) is 0 Å². The van der Waals surface area contributed by atoms with Crippen molar-refractivity contribution in [2.45, 2.75) is 45.2 Å². The average Bonchev–Trinajstić information content (AvgIpc) is 3.26. The van der Waals surface area contributed by atoms with Crippen molar-refractivity contribution in [1.29, 1.82) is 0 Å². The molecule has 3 amide bonds. The minimum absolute atomic E-state index is 0.0282. The molecule has 0 aromatic carbocycles. The maximum atomic E-state index is 12.6. The molecule has 9 heteroatoms. The van der Waals surface area contributed by atoms with Crippen LogP contribution in [0.1, 0.15) is 43.3 Å². The molecule has 154 valence electrons. The molecule has 1 spiro atoms. The zero-order valence-corrected chi connectivity index (χ0v) is 17.8. The van der Waals surface area contributed by atoms with Crippen LogP contribution in [0.3, 0.4) is 0 Å². The fourth-order valence-corrected chi connectivity index (χ4v) is 5.05. The van der Waals surface area contributed by atoms with E-state index in [1.807, 2.05) is 30.2 Å². The number of carbonyl (C=O) groups is 2. The number of rotatable bonds is 4. The summed E-state index contributed by atoms with van der Waals surface area (Å²) >= 11 is 1.52. The van der Waals surface area contributed by atoms with Crippen LogP contribution in [0.25, 0.3) is 0 Å². The molecule has 2 aromatic rings. The topological polar surface area (TPSA) is 90.5 Å². The van der Waals surface area contributed by atoms with Crippen molar-refractivity contribution in [2.24, 2.45) is 0 Å². The number of thiazole rings is 1. The lowest BCUT2D eigenvalue weighted by atomic mass is 9.87. The largest absolute Gasteiger partial charge is 0.330 e. The number of aromatic nitrogens is 2. The summed E-state index contributed by atoms with van der Waals surface area (Å²) < 4.78 is 0. The fraction of sp³-hybridized carbons (Fsp3) is 0.500. The molecule has 0 bridgehead atoms. The second-order valence-electron chi connectivity index (χ2n) is 7.91. The molecule has 29 heavy (non-hydrogen) atoms. The first-order valence-electron chi connectivity index (χ1n) is 9.85. The van der Waals surface area contributed by atoms with Crippen molar-refractivity contribution < 1.29 is 9.59 Å². The van der Waals surface area contributed by atoms with Crippen molar-refractivity contribution in [2.75, 3.05) is 29.9 Å². The second kappa shape index (κ2) is 7.72. The molecule has 4 heterocycles. The van der Waals surface area contributed by atoms with Gasteiger partial charge in [-0.25, -0.2) is 9.78 Å². The summed E-state index contributed by atoms with van der Waals surface area (Å²) in [6, 6.07) is 4.04. The van der Waals surface area contributed by atoms with Gasteiger partial charge in [0.1, 0.15) is 0 Å². The van der Waals surface area contributed by atoms with Crippen LogP contribution in [-0.4, -0.2) is 52.0 Å². The molecule has 0 unspecified atom stereocenters. The molecule has 2 N–H and O–H groups in total. The van der Waals surface area contributed by atoms with Crippen molar-refractivity contribution in [3.63, 3.8) is 0 Å². The Hall–Kier alpha value is -2.52. The monoisotopic (exact) mass is 414 g/mol. The van der Waals surface area contributed by atoms with E-state index in [-0.39, 0.29) is 23.5 Å². The molecule has 1 atom stereocenters. The maximum absolute atomic E-state index is 12.6. The molecule has 2 aliphatic heterocycles. The highest BCUT2D eigenvalue weighted by molar-refractivity contribution is 7.15. The average molecular weight is 415 g/mol. The third-order valence-corrected chi connectivity index (χ3v) is 6.87. The number of hydrogen-bond acceptors (Lipinski definition) is 6. The van der Waals surface area contributed by atoms with E-state index in [1.165, 1.54) is 18.3 Å². The van der Waals surface area contributed by atoms with Gasteiger partial charge in [0.2, 0.25) is 5.91 Å². The number of aryl methyl sites for hydroxylation is 1. The van der Waals surface area contributed by atoms with E-state index in [2.05, 4.69) is 32.4 Å². The molecule has 2 saturated heterocycles. The zero-order chi connectivity index (χ0) is 20.6. The molecule has 2 aromatic heterocycles. The first-order valence-corrected chi connectivity index (χ1v) is 10.7. The molecule has 0 saturated carbocycles. The number of carbonyl (C=O) groups excluding carboxylic acids is 2. The molecule has 2 aliphatic rings. The van der Waals surface area contributed by atoms with E-state index in [4.69, 9.17) is 0 Å². The van der Waals surface area contributed by atoms with E-state index in [1.54, 1.807) is 6.20 Å². The van der Waals surface area contributed by atoms with E-state index in [0.29, 0.717) is 11.7 Å². The Labute approximate surface area is 174 Å². The summed E-state index contributed by atoms with van der Waals surface area (Å²) in [5.41, 5.74) is 1.63. The van der Waals surface area contributed by atoms with E-state index in [9.17, 15) is 9.59 Å². The maximum Gasteiger partial charge on any atom is 0.322 e. The lowest BCUT2D eigenvalue weighted by Crippen LogP contribution is -2.52. The fourth-order valence-electron chi connectivity index (χ4n) is 4.11. The molecule has 0 aliphatic carbocycles. The van der Waals surface area contributed by atoms with Crippen molar-refractivity contribution in [3.8, 4) is 0 Å². The summed E-state index contributed by atoms with van der Waals surface area (Å²) in [6.45, 7) is 8.08. The normalized spacial score (nSPS) is 20.0. The Morgan fingerprint density at radius 3 is 2.79 bits per heavy atom. The van der Waals surface area contributed by atoms with Gasteiger partial charge in [-0.2, -0.15) is 0 Å². The number of likely N-dealkylation sites (tertiary alicyclic amines) is 1. The third-order valence-electron chi connectivity index (χ3n) is 5.79. The third kappa shape index (κ3) is 4.11. The lowest BCUT2D eigenvalue weighted by Gasteiger charge is -2.41. The van der Waals surface area contributed by atoms with Crippen LogP contribution >= 0.6 is 11.3 Å². The van der Waals surface area contributed by atoms with Gasteiger partial charge < -0.3 is 10.6 Å². The molecule has 8 nitrogen and oxygen atoms in total. The quantitative estimate of drug-likeness (QED) is 0.803. The summed E-state index contributed by atoms with van der Waals surface area (Å²) in [5.74, 6) is -0.107. The highest BCUT2D eigenvalue weighted by Crippen LogP contribution is 2.35. The van der Waals surface area contributed by atoms with Crippen molar-refractivity contribution >= 4 is 34.1 Å². The number of anilines is 2. The number of amides is 3. The van der Waals surface area contributed by atoms with Gasteiger partial charge in [0.15, 0.2) is 5.13 Å². The predicted octanol–water partition coefficient (Wildman–Crippen LogP) is 2.93. The smallest absolute Gasteiger partial charge is 0.322 e. The highest BCUT2D eigenvalue weighted by atomic mass is 32.1. The number of hydrogen-bond donors (Lipinski definition) is 2. The van der Waals surface area contributed by atoms with Crippen LogP contribution in [0.4, 0.5) is 15.6 Å². The van der Waals surface area contributed by atoms with Crippen molar-refractivity contribution in [3.05, 3.63) is 35.1 Å². The Kier molecular flexibility index (Phi) is 5.26. The first-order chi connectivity index (χ1) is 13.8. The predicted molar refractivity (Wildman–Crippen MR) is 113 cm³/mol. The zero-order valence-electron chi connectivity index (χ0n) is 16.9. The molecular formula is C20H26N6O2S. The van der Waals surface area contributed by atoms with Gasteiger partial charge in [0.25, 0.3) is 0 Å². The summed E-state index contributed by atoms with van der Waals surface area (Å²) in [5, 5.41) is 6.63. The van der Waals surface area contributed by atoms with Gasteiger partial charge in [-0.15, -0.1) is 11.3 Å². The van der Waals surface area contributed by atoms with Gasteiger partial charge in [-0.3, -0.25) is 19.6 Å².